The molecule has 2 fully saturated rings. The molecule has 3 rings (SSSR count). The van der Waals surface area contributed by atoms with Crippen LogP contribution in [0.15, 0.2) is 22.7 Å². The fraction of sp³-hybridized carbons (Fsp3) is 0.625. The van der Waals surface area contributed by atoms with E-state index in [9.17, 15) is 0 Å². The van der Waals surface area contributed by atoms with Gasteiger partial charge in [0.25, 0.3) is 0 Å². The van der Waals surface area contributed by atoms with Crippen LogP contribution < -0.4 is 10.1 Å². The molecular formula is C16H21BrClNO. The maximum absolute atomic E-state index is 6.29. The molecule has 0 amide bonds. The van der Waals surface area contributed by atoms with Gasteiger partial charge in [0, 0.05) is 22.4 Å². The highest BCUT2D eigenvalue weighted by molar-refractivity contribution is 9.10. The molecule has 0 heterocycles. The quantitative estimate of drug-likeness (QED) is 0.838. The van der Waals surface area contributed by atoms with Crippen molar-refractivity contribution in [2.24, 2.45) is 5.41 Å². The first kappa shape index (κ1) is 14.7. The molecular weight excluding hydrogens is 338 g/mol. The number of hydrogen-bond donors (Lipinski definition) is 1. The molecule has 4 heteroatoms. The Bertz CT molecular complexity index is 487. The van der Waals surface area contributed by atoms with Crippen molar-refractivity contribution < 1.29 is 4.74 Å². The summed E-state index contributed by atoms with van der Waals surface area (Å²) < 4.78 is 7.30. The summed E-state index contributed by atoms with van der Waals surface area (Å²) in [5, 5.41) is 4.18. The van der Waals surface area contributed by atoms with Crippen molar-refractivity contribution in [3.8, 4) is 5.75 Å². The first-order valence-corrected chi connectivity index (χ1v) is 8.62. The Labute approximate surface area is 134 Å². The van der Waals surface area contributed by atoms with Gasteiger partial charge in [-0.05, 0) is 38.1 Å². The number of nitrogens with one attached hydrogen (secondary N) is 1. The van der Waals surface area contributed by atoms with Crippen LogP contribution in [0.25, 0.3) is 0 Å². The van der Waals surface area contributed by atoms with Crippen LogP contribution in [-0.2, 0) is 0 Å². The molecule has 0 radical (unpaired) electrons. The third-order valence-electron chi connectivity index (χ3n) is 5.08. The summed E-state index contributed by atoms with van der Waals surface area (Å²) in [4.78, 5) is 0. The van der Waals surface area contributed by atoms with Gasteiger partial charge in [-0.25, -0.2) is 0 Å². The largest absolute Gasteiger partial charge is 0.488 e. The molecule has 2 aliphatic rings. The van der Waals surface area contributed by atoms with Gasteiger partial charge in [0.2, 0.25) is 0 Å². The van der Waals surface area contributed by atoms with Crippen molar-refractivity contribution in [2.45, 2.75) is 50.7 Å². The zero-order chi connectivity index (χ0) is 14.2. The van der Waals surface area contributed by atoms with E-state index in [2.05, 4.69) is 28.3 Å². The Hall–Kier alpha value is -0.250. The van der Waals surface area contributed by atoms with E-state index in [1.807, 2.05) is 18.2 Å². The van der Waals surface area contributed by atoms with Gasteiger partial charge in [0.15, 0.2) is 0 Å². The lowest BCUT2D eigenvalue weighted by Gasteiger charge is -2.57. The maximum Gasteiger partial charge on any atom is 0.139 e. The van der Waals surface area contributed by atoms with E-state index in [1.54, 1.807) is 0 Å². The Morgan fingerprint density at radius 1 is 1.30 bits per heavy atom. The highest BCUT2D eigenvalue weighted by atomic mass is 79.9. The fourth-order valence-electron chi connectivity index (χ4n) is 3.92. The summed E-state index contributed by atoms with van der Waals surface area (Å²) in [5.41, 5.74) is 0.318. The SMILES string of the molecule is CNC1CC(Oc2cc(Br)ccc2Cl)C12CCCCC2. The Morgan fingerprint density at radius 3 is 2.75 bits per heavy atom. The van der Waals surface area contributed by atoms with Crippen LogP contribution in [0.3, 0.4) is 0 Å². The molecule has 2 saturated carbocycles. The van der Waals surface area contributed by atoms with E-state index in [1.165, 1.54) is 32.1 Å². The lowest BCUT2D eigenvalue weighted by molar-refractivity contribution is -0.100. The minimum atomic E-state index is 0.298. The summed E-state index contributed by atoms with van der Waals surface area (Å²) in [5.74, 6) is 0.811. The average molecular weight is 359 g/mol. The molecule has 0 saturated heterocycles. The second-order valence-corrected chi connectivity index (χ2v) is 7.37. The van der Waals surface area contributed by atoms with Crippen molar-refractivity contribution in [1.82, 2.24) is 5.32 Å². The van der Waals surface area contributed by atoms with E-state index >= 15 is 0 Å². The van der Waals surface area contributed by atoms with Crippen molar-refractivity contribution in [1.29, 1.82) is 0 Å². The van der Waals surface area contributed by atoms with Crippen LogP contribution >= 0.6 is 27.5 Å². The lowest BCUT2D eigenvalue weighted by Crippen LogP contribution is -2.64. The molecule has 2 nitrogen and oxygen atoms in total. The third kappa shape index (κ3) is 2.49. The Balaban J connectivity index is 1.78. The lowest BCUT2D eigenvalue weighted by atomic mass is 9.55. The topological polar surface area (TPSA) is 21.3 Å². The van der Waals surface area contributed by atoms with Crippen LogP contribution in [0.5, 0.6) is 5.75 Å². The Morgan fingerprint density at radius 2 is 2.05 bits per heavy atom. The van der Waals surface area contributed by atoms with Gasteiger partial charge in [-0.2, -0.15) is 0 Å². The second-order valence-electron chi connectivity index (χ2n) is 6.05. The molecule has 2 atom stereocenters. The molecule has 1 aromatic carbocycles. The van der Waals surface area contributed by atoms with Crippen LogP contribution in [0, 0.1) is 5.41 Å². The van der Waals surface area contributed by atoms with Gasteiger partial charge < -0.3 is 10.1 Å². The minimum absolute atomic E-state index is 0.298. The number of benzene rings is 1. The third-order valence-corrected chi connectivity index (χ3v) is 5.89. The normalized spacial score (nSPS) is 28.1. The maximum atomic E-state index is 6.29. The van der Waals surface area contributed by atoms with Gasteiger partial charge in [0.05, 0.1) is 5.02 Å². The molecule has 0 bridgehead atoms. The van der Waals surface area contributed by atoms with Crippen molar-refractivity contribution in [2.75, 3.05) is 7.05 Å². The number of rotatable bonds is 3. The minimum Gasteiger partial charge on any atom is -0.488 e. The molecule has 0 aromatic heterocycles. The monoisotopic (exact) mass is 357 g/mol. The number of ether oxygens (including phenoxy) is 1. The molecule has 110 valence electrons. The first-order chi connectivity index (χ1) is 9.65. The highest BCUT2D eigenvalue weighted by Crippen LogP contribution is 2.53. The fourth-order valence-corrected chi connectivity index (χ4v) is 4.42. The van der Waals surface area contributed by atoms with Crippen LogP contribution in [-0.4, -0.2) is 19.2 Å². The van der Waals surface area contributed by atoms with Gasteiger partial charge in [-0.1, -0.05) is 46.8 Å². The Kier molecular flexibility index (Phi) is 4.30. The smallest absolute Gasteiger partial charge is 0.139 e. The highest BCUT2D eigenvalue weighted by Gasteiger charge is 2.56. The van der Waals surface area contributed by atoms with Gasteiger partial charge in [0.1, 0.15) is 11.9 Å². The van der Waals surface area contributed by atoms with Crippen molar-refractivity contribution in [3.63, 3.8) is 0 Å². The second kappa shape index (κ2) is 5.86. The van der Waals surface area contributed by atoms with Crippen LogP contribution in [0.4, 0.5) is 0 Å². The van der Waals surface area contributed by atoms with Gasteiger partial charge in [-0.15, -0.1) is 0 Å². The molecule has 0 aliphatic heterocycles. The van der Waals surface area contributed by atoms with Gasteiger partial charge >= 0.3 is 0 Å². The zero-order valence-electron chi connectivity index (χ0n) is 11.8. The van der Waals surface area contributed by atoms with E-state index < -0.39 is 0 Å². The predicted octanol–water partition coefficient (Wildman–Crippen LogP) is 4.79. The summed E-state index contributed by atoms with van der Waals surface area (Å²) in [6, 6.07) is 6.41. The summed E-state index contributed by atoms with van der Waals surface area (Å²) in [7, 11) is 2.07. The summed E-state index contributed by atoms with van der Waals surface area (Å²) >= 11 is 9.75. The number of halogens is 2. The van der Waals surface area contributed by atoms with E-state index in [4.69, 9.17) is 16.3 Å². The van der Waals surface area contributed by atoms with E-state index in [0.29, 0.717) is 22.6 Å². The van der Waals surface area contributed by atoms with Crippen LogP contribution in [0.1, 0.15) is 38.5 Å². The standard InChI is InChI=1S/C16H21BrClNO/c1-19-14-10-15(16(14)7-3-2-4-8-16)20-13-9-11(17)5-6-12(13)18/h5-6,9,14-15,19H,2-4,7-8,10H2,1H3. The molecule has 2 aliphatic carbocycles. The number of hydrogen-bond acceptors (Lipinski definition) is 2. The molecule has 2 unspecified atom stereocenters. The molecule has 1 aromatic rings. The van der Waals surface area contributed by atoms with E-state index in [0.717, 1.165) is 16.6 Å². The summed E-state index contributed by atoms with van der Waals surface area (Å²) in [6.45, 7) is 0. The summed E-state index contributed by atoms with van der Waals surface area (Å²) in [6.07, 6.45) is 7.94. The van der Waals surface area contributed by atoms with Crippen LogP contribution in [0.2, 0.25) is 5.02 Å². The zero-order valence-corrected chi connectivity index (χ0v) is 14.1. The average Bonchev–Trinajstić information content (AvgIpc) is 2.47. The molecule has 1 spiro atoms. The predicted molar refractivity (Wildman–Crippen MR) is 86.6 cm³/mol. The van der Waals surface area contributed by atoms with Crippen molar-refractivity contribution >= 4 is 27.5 Å². The van der Waals surface area contributed by atoms with Crippen molar-refractivity contribution in [3.05, 3.63) is 27.7 Å². The van der Waals surface area contributed by atoms with E-state index in [-0.39, 0.29) is 0 Å². The molecule has 1 N–H and O–H groups in total. The molecule has 20 heavy (non-hydrogen) atoms. The first-order valence-electron chi connectivity index (χ1n) is 7.45. The van der Waals surface area contributed by atoms with Gasteiger partial charge in [-0.3, -0.25) is 0 Å².